The lowest BCUT2D eigenvalue weighted by molar-refractivity contribution is -0.0359. The Bertz CT molecular complexity index is 516. The fourth-order valence-corrected chi connectivity index (χ4v) is 2.93. The van der Waals surface area contributed by atoms with Gasteiger partial charge in [0.15, 0.2) is 0 Å². The highest BCUT2D eigenvalue weighted by atomic mass is 19.1. The Morgan fingerprint density at radius 3 is 1.85 bits per heavy atom. The van der Waals surface area contributed by atoms with Gasteiger partial charge in [-0.1, -0.05) is 73.9 Å². The van der Waals surface area contributed by atoms with Gasteiger partial charge in [-0.3, -0.25) is 0 Å². The van der Waals surface area contributed by atoms with E-state index in [-0.39, 0.29) is 16.6 Å². The molecule has 0 aromatic heterocycles. The van der Waals surface area contributed by atoms with E-state index in [1.807, 2.05) is 39.8 Å². The maximum atomic E-state index is 14.6. The van der Waals surface area contributed by atoms with Crippen molar-refractivity contribution in [3.8, 4) is 0 Å². The molecule has 0 atom stereocenters. The molecule has 0 fully saturated rings. The van der Waals surface area contributed by atoms with Gasteiger partial charge < -0.3 is 10.5 Å². The Balaban J connectivity index is 0. The summed E-state index contributed by atoms with van der Waals surface area (Å²) < 4.78 is 20.6. The molecule has 0 unspecified atom stereocenters. The second-order valence-electron chi connectivity index (χ2n) is 8.97. The van der Waals surface area contributed by atoms with Crippen LogP contribution in [0.3, 0.4) is 0 Å². The van der Waals surface area contributed by atoms with E-state index >= 15 is 0 Å². The van der Waals surface area contributed by atoms with E-state index in [1.54, 1.807) is 6.07 Å². The third-order valence-electron chi connectivity index (χ3n) is 4.65. The van der Waals surface area contributed by atoms with Crippen molar-refractivity contribution in [3.05, 3.63) is 35.1 Å². The highest BCUT2D eigenvalue weighted by Gasteiger charge is 2.27. The minimum atomic E-state index is -0.608. The van der Waals surface area contributed by atoms with E-state index < -0.39 is 5.60 Å². The van der Waals surface area contributed by atoms with Gasteiger partial charge in [-0.25, -0.2) is 4.39 Å². The molecule has 2 nitrogen and oxygen atoms in total. The fourth-order valence-electron chi connectivity index (χ4n) is 2.93. The summed E-state index contributed by atoms with van der Waals surface area (Å²) in [6, 6.07) is 5.55. The first-order chi connectivity index (χ1) is 12.4. The molecule has 2 N–H and O–H groups in total. The van der Waals surface area contributed by atoms with Gasteiger partial charge in [0.2, 0.25) is 0 Å². The molecule has 1 aromatic rings. The first-order valence-corrected chi connectivity index (χ1v) is 10.4. The van der Waals surface area contributed by atoms with Crippen molar-refractivity contribution in [2.45, 2.75) is 99.5 Å². The summed E-state index contributed by atoms with van der Waals surface area (Å²) >= 11 is 0. The lowest BCUT2D eigenvalue weighted by Gasteiger charge is -2.30. The van der Waals surface area contributed by atoms with Crippen LogP contribution in [-0.4, -0.2) is 13.7 Å². The smallest absolute Gasteiger partial charge is 0.129 e. The van der Waals surface area contributed by atoms with Gasteiger partial charge in [-0.05, 0) is 56.2 Å². The lowest BCUT2D eigenvalue weighted by Crippen LogP contribution is -2.26. The average Bonchev–Trinajstić information content (AvgIpc) is 2.57. The van der Waals surface area contributed by atoms with Gasteiger partial charge in [0.25, 0.3) is 0 Å². The van der Waals surface area contributed by atoms with Crippen LogP contribution in [0.1, 0.15) is 99.6 Å². The minimum absolute atomic E-state index is 0.0471. The Morgan fingerprint density at radius 1 is 0.926 bits per heavy atom. The Morgan fingerprint density at radius 2 is 1.44 bits per heavy atom. The summed E-state index contributed by atoms with van der Waals surface area (Å²) in [5.74, 6) is -0.171. The number of hydrogen-bond donors (Lipinski definition) is 1. The van der Waals surface area contributed by atoms with E-state index in [2.05, 4.69) is 47.3 Å². The van der Waals surface area contributed by atoms with Crippen molar-refractivity contribution in [1.82, 2.24) is 0 Å². The van der Waals surface area contributed by atoms with Gasteiger partial charge in [-0.15, -0.1) is 0 Å². The van der Waals surface area contributed by atoms with Crippen LogP contribution in [0.2, 0.25) is 0 Å². The molecule has 1 rings (SSSR count). The molecule has 0 aliphatic heterocycles. The van der Waals surface area contributed by atoms with Crippen LogP contribution in [0.4, 0.5) is 4.39 Å². The molecule has 3 heteroatoms. The van der Waals surface area contributed by atoms with Crippen LogP contribution >= 0.6 is 0 Å². The van der Waals surface area contributed by atoms with Crippen molar-refractivity contribution >= 4 is 0 Å². The topological polar surface area (TPSA) is 35.2 Å². The molecule has 160 valence electrons. The van der Waals surface area contributed by atoms with Gasteiger partial charge >= 0.3 is 0 Å². The molecule has 0 radical (unpaired) electrons. The van der Waals surface area contributed by atoms with Crippen LogP contribution in [-0.2, 0) is 15.8 Å². The SMILES string of the molecule is CC.CCCC(C)(C)CCOC(C)(C)c1ccc(C(C)(C)C)cc1F.CN. The van der Waals surface area contributed by atoms with Crippen molar-refractivity contribution in [2.75, 3.05) is 13.7 Å². The molecule has 0 bridgehead atoms. The van der Waals surface area contributed by atoms with Gasteiger partial charge in [0.1, 0.15) is 5.82 Å². The third kappa shape index (κ3) is 10.3. The average molecular weight is 384 g/mol. The minimum Gasteiger partial charge on any atom is -0.371 e. The predicted octanol–water partition coefficient (Wildman–Crippen LogP) is 7.19. The molecular formula is C24H46FNO. The van der Waals surface area contributed by atoms with Crippen molar-refractivity contribution in [1.29, 1.82) is 0 Å². The quantitative estimate of drug-likeness (QED) is 0.540. The van der Waals surface area contributed by atoms with Crippen LogP contribution in [0.15, 0.2) is 18.2 Å². The summed E-state index contributed by atoms with van der Waals surface area (Å²) in [7, 11) is 1.50. The molecule has 27 heavy (non-hydrogen) atoms. The maximum absolute atomic E-state index is 14.6. The zero-order valence-corrected chi connectivity index (χ0v) is 19.9. The molecule has 0 heterocycles. The molecule has 0 saturated carbocycles. The summed E-state index contributed by atoms with van der Waals surface area (Å²) in [5, 5.41) is 0. The monoisotopic (exact) mass is 383 g/mol. The summed E-state index contributed by atoms with van der Waals surface area (Å²) in [6.07, 6.45) is 3.36. The van der Waals surface area contributed by atoms with Crippen LogP contribution in [0, 0.1) is 11.2 Å². The zero-order valence-electron chi connectivity index (χ0n) is 19.9. The van der Waals surface area contributed by atoms with Gasteiger partial charge in [-0.2, -0.15) is 0 Å². The highest BCUT2D eigenvalue weighted by molar-refractivity contribution is 5.31. The maximum Gasteiger partial charge on any atom is 0.129 e. The van der Waals surface area contributed by atoms with Crippen LogP contribution in [0.25, 0.3) is 0 Å². The standard InChI is InChI=1S/C21H35FO.C2H6.CH5N/c1-9-12-20(5,6)13-14-23-21(7,8)17-11-10-16(15-18(17)22)19(2,3)4;2*1-2/h10-11,15H,9,12-14H2,1-8H3;1-2H3;2H2,1H3. The first-order valence-electron chi connectivity index (χ1n) is 10.4. The van der Waals surface area contributed by atoms with Gasteiger partial charge in [0.05, 0.1) is 5.60 Å². The normalized spacial score (nSPS) is 11.9. The van der Waals surface area contributed by atoms with Crippen LogP contribution in [0.5, 0.6) is 0 Å². The second-order valence-corrected chi connectivity index (χ2v) is 8.97. The summed E-state index contributed by atoms with van der Waals surface area (Å²) in [4.78, 5) is 0. The lowest BCUT2D eigenvalue weighted by atomic mass is 9.84. The zero-order chi connectivity index (χ0) is 21.9. The van der Waals surface area contributed by atoms with Crippen molar-refractivity contribution in [3.63, 3.8) is 0 Å². The van der Waals surface area contributed by atoms with E-state index in [9.17, 15) is 4.39 Å². The number of hydrogen-bond acceptors (Lipinski definition) is 2. The van der Waals surface area contributed by atoms with E-state index in [0.717, 1.165) is 12.0 Å². The number of halogens is 1. The molecule has 0 aliphatic carbocycles. The number of rotatable bonds is 7. The van der Waals surface area contributed by atoms with E-state index in [4.69, 9.17) is 4.74 Å². The Hall–Kier alpha value is -0.930. The largest absolute Gasteiger partial charge is 0.371 e. The van der Waals surface area contributed by atoms with Crippen molar-refractivity contribution in [2.24, 2.45) is 11.1 Å². The Labute approximate surface area is 169 Å². The summed E-state index contributed by atoms with van der Waals surface area (Å²) in [5.41, 5.74) is 5.77. The predicted molar refractivity (Wildman–Crippen MR) is 119 cm³/mol. The van der Waals surface area contributed by atoms with Gasteiger partial charge in [0, 0.05) is 12.2 Å². The molecule has 0 amide bonds. The molecular weight excluding hydrogens is 337 g/mol. The molecule has 0 aliphatic rings. The number of ether oxygens (including phenoxy) is 1. The molecule has 1 aromatic carbocycles. The summed E-state index contributed by atoms with van der Waals surface area (Å²) in [6.45, 7) is 21.6. The van der Waals surface area contributed by atoms with Crippen molar-refractivity contribution < 1.29 is 9.13 Å². The number of nitrogens with two attached hydrogens (primary N) is 1. The Kier molecular flexibility index (Phi) is 13.1. The first kappa shape index (κ1) is 28.3. The number of benzene rings is 1. The molecule has 0 spiro atoms. The van der Waals surface area contributed by atoms with Crippen LogP contribution < -0.4 is 5.73 Å². The molecule has 0 saturated heterocycles. The third-order valence-corrected chi connectivity index (χ3v) is 4.65. The fraction of sp³-hybridized carbons (Fsp3) is 0.750. The van der Waals surface area contributed by atoms with E-state index in [1.165, 1.54) is 19.9 Å². The highest BCUT2D eigenvalue weighted by Crippen LogP contribution is 2.33. The second kappa shape index (κ2) is 12.5. The van der Waals surface area contributed by atoms with E-state index in [0.29, 0.717) is 12.2 Å².